The third-order valence-corrected chi connectivity index (χ3v) is 4.25. The number of nitrogens with one attached hydrogen (secondary N) is 3. The standard InChI is InChI=1S/C16H22BrN3O2/c17-14-3-1-2-13(10-14)16(22)20-9-8-19-15(21)5-4-12-6-7-18-11-12/h1-3,10,12,18H,4-9,11H2,(H,19,21)(H,20,22). The predicted octanol–water partition coefficient (Wildman–Crippen LogP) is 1.68. The molecule has 3 N–H and O–H groups in total. The van der Waals surface area contributed by atoms with Crippen LogP contribution in [0.5, 0.6) is 0 Å². The largest absolute Gasteiger partial charge is 0.354 e. The summed E-state index contributed by atoms with van der Waals surface area (Å²) in [4.78, 5) is 23.6. The molecule has 0 spiro atoms. The second-order valence-electron chi connectivity index (χ2n) is 5.51. The molecule has 5 nitrogen and oxygen atoms in total. The number of amides is 2. The van der Waals surface area contributed by atoms with Gasteiger partial charge in [-0.3, -0.25) is 9.59 Å². The first-order chi connectivity index (χ1) is 10.6. The zero-order chi connectivity index (χ0) is 15.8. The van der Waals surface area contributed by atoms with Gasteiger partial charge in [0.1, 0.15) is 0 Å². The third kappa shape index (κ3) is 5.77. The van der Waals surface area contributed by atoms with Crippen LogP contribution in [0.15, 0.2) is 28.7 Å². The monoisotopic (exact) mass is 367 g/mol. The molecule has 6 heteroatoms. The summed E-state index contributed by atoms with van der Waals surface area (Å²) >= 11 is 3.33. The molecule has 1 aromatic carbocycles. The Kier molecular flexibility index (Phi) is 6.86. The Bertz CT molecular complexity index is 516. The van der Waals surface area contributed by atoms with Crippen molar-refractivity contribution in [2.75, 3.05) is 26.2 Å². The molecule has 120 valence electrons. The van der Waals surface area contributed by atoms with E-state index >= 15 is 0 Å². The van der Waals surface area contributed by atoms with Gasteiger partial charge < -0.3 is 16.0 Å². The summed E-state index contributed by atoms with van der Waals surface area (Å²) in [5.41, 5.74) is 0.606. The molecule has 0 saturated carbocycles. The van der Waals surface area contributed by atoms with Crippen molar-refractivity contribution in [3.05, 3.63) is 34.3 Å². The fraction of sp³-hybridized carbons (Fsp3) is 0.500. The van der Waals surface area contributed by atoms with Gasteiger partial charge in [-0.15, -0.1) is 0 Å². The summed E-state index contributed by atoms with van der Waals surface area (Å²) in [5.74, 6) is 0.554. The Labute approximate surface area is 139 Å². The van der Waals surface area contributed by atoms with Crippen molar-refractivity contribution in [2.45, 2.75) is 19.3 Å². The first-order valence-corrected chi connectivity index (χ1v) is 8.45. The minimum absolute atomic E-state index is 0.0589. The quantitative estimate of drug-likeness (QED) is 0.642. The fourth-order valence-electron chi connectivity index (χ4n) is 2.49. The molecule has 1 unspecified atom stereocenters. The van der Waals surface area contributed by atoms with E-state index in [0.29, 0.717) is 31.0 Å². The maximum atomic E-state index is 11.9. The molecule has 0 aromatic heterocycles. The van der Waals surface area contributed by atoms with E-state index in [1.165, 1.54) is 0 Å². The maximum absolute atomic E-state index is 11.9. The van der Waals surface area contributed by atoms with E-state index in [1.54, 1.807) is 12.1 Å². The summed E-state index contributed by atoms with van der Waals surface area (Å²) in [6, 6.07) is 7.22. The van der Waals surface area contributed by atoms with Gasteiger partial charge in [0.2, 0.25) is 5.91 Å². The molecule has 1 saturated heterocycles. The van der Waals surface area contributed by atoms with E-state index in [1.807, 2.05) is 12.1 Å². The number of halogens is 1. The maximum Gasteiger partial charge on any atom is 0.251 e. The van der Waals surface area contributed by atoms with Gasteiger partial charge in [0.05, 0.1) is 0 Å². The second-order valence-corrected chi connectivity index (χ2v) is 6.43. The SMILES string of the molecule is O=C(CCC1CCNC1)NCCNC(=O)c1cccc(Br)c1. The summed E-state index contributed by atoms with van der Waals surface area (Å²) < 4.78 is 0.870. The van der Waals surface area contributed by atoms with E-state index in [-0.39, 0.29) is 11.8 Å². The van der Waals surface area contributed by atoms with Crippen molar-refractivity contribution < 1.29 is 9.59 Å². The molecule has 1 fully saturated rings. The zero-order valence-electron chi connectivity index (χ0n) is 12.5. The highest BCUT2D eigenvalue weighted by atomic mass is 79.9. The number of rotatable bonds is 7. The third-order valence-electron chi connectivity index (χ3n) is 3.76. The van der Waals surface area contributed by atoms with Crippen molar-refractivity contribution in [2.24, 2.45) is 5.92 Å². The highest BCUT2D eigenvalue weighted by molar-refractivity contribution is 9.10. The van der Waals surface area contributed by atoms with Crippen LogP contribution in [0, 0.1) is 5.92 Å². The number of carbonyl (C=O) groups excluding carboxylic acids is 2. The molecule has 1 atom stereocenters. The highest BCUT2D eigenvalue weighted by Gasteiger charge is 2.15. The lowest BCUT2D eigenvalue weighted by Gasteiger charge is -2.09. The van der Waals surface area contributed by atoms with Gasteiger partial charge in [-0.05, 0) is 50.0 Å². The Morgan fingerprint density at radius 2 is 2.09 bits per heavy atom. The van der Waals surface area contributed by atoms with Crippen LogP contribution in [0.1, 0.15) is 29.6 Å². The van der Waals surface area contributed by atoms with Crippen LogP contribution in [-0.2, 0) is 4.79 Å². The normalized spacial score (nSPS) is 17.2. The summed E-state index contributed by atoms with van der Waals surface area (Å²) in [5, 5.41) is 8.93. The number of hydrogen-bond donors (Lipinski definition) is 3. The lowest BCUT2D eigenvalue weighted by atomic mass is 10.0. The van der Waals surface area contributed by atoms with Crippen molar-refractivity contribution in [1.82, 2.24) is 16.0 Å². The predicted molar refractivity (Wildman–Crippen MR) is 89.7 cm³/mol. The van der Waals surface area contributed by atoms with E-state index in [9.17, 15) is 9.59 Å². The van der Waals surface area contributed by atoms with Crippen molar-refractivity contribution in [3.8, 4) is 0 Å². The summed E-state index contributed by atoms with van der Waals surface area (Å²) in [7, 11) is 0. The second kappa shape index (κ2) is 8.90. The van der Waals surface area contributed by atoms with Crippen molar-refractivity contribution in [3.63, 3.8) is 0 Å². The summed E-state index contributed by atoms with van der Waals surface area (Å²) in [6.07, 6.45) is 2.66. The first kappa shape index (κ1) is 17.0. The Balaban J connectivity index is 1.58. The van der Waals surface area contributed by atoms with Gasteiger partial charge >= 0.3 is 0 Å². The van der Waals surface area contributed by atoms with Gasteiger partial charge in [0.25, 0.3) is 5.91 Å². The topological polar surface area (TPSA) is 70.2 Å². The van der Waals surface area contributed by atoms with Gasteiger partial charge in [0, 0.05) is 29.5 Å². The van der Waals surface area contributed by atoms with Crippen LogP contribution in [0.25, 0.3) is 0 Å². The van der Waals surface area contributed by atoms with E-state index in [0.717, 1.165) is 30.4 Å². The average Bonchev–Trinajstić information content (AvgIpc) is 3.02. The molecule has 1 aromatic rings. The highest BCUT2D eigenvalue weighted by Crippen LogP contribution is 2.14. The van der Waals surface area contributed by atoms with E-state index < -0.39 is 0 Å². The fourth-order valence-corrected chi connectivity index (χ4v) is 2.89. The Hall–Kier alpha value is -1.40. The summed E-state index contributed by atoms with van der Waals surface area (Å²) in [6.45, 7) is 2.98. The molecule has 2 amide bonds. The van der Waals surface area contributed by atoms with Crippen molar-refractivity contribution in [1.29, 1.82) is 0 Å². The Morgan fingerprint density at radius 1 is 1.27 bits per heavy atom. The smallest absolute Gasteiger partial charge is 0.251 e. The van der Waals surface area contributed by atoms with E-state index in [2.05, 4.69) is 31.9 Å². The van der Waals surface area contributed by atoms with Crippen LogP contribution in [0.2, 0.25) is 0 Å². The van der Waals surface area contributed by atoms with Gasteiger partial charge in [-0.25, -0.2) is 0 Å². The van der Waals surface area contributed by atoms with Crippen LogP contribution in [0.3, 0.4) is 0 Å². The molecule has 1 heterocycles. The molecule has 22 heavy (non-hydrogen) atoms. The van der Waals surface area contributed by atoms with Crippen LogP contribution in [-0.4, -0.2) is 38.0 Å². The number of carbonyl (C=O) groups is 2. The lowest BCUT2D eigenvalue weighted by Crippen LogP contribution is -2.34. The van der Waals surface area contributed by atoms with Crippen LogP contribution < -0.4 is 16.0 Å². The molecule has 0 radical (unpaired) electrons. The van der Waals surface area contributed by atoms with Crippen LogP contribution >= 0.6 is 15.9 Å². The first-order valence-electron chi connectivity index (χ1n) is 7.66. The average molecular weight is 368 g/mol. The zero-order valence-corrected chi connectivity index (χ0v) is 14.1. The lowest BCUT2D eigenvalue weighted by molar-refractivity contribution is -0.121. The molecule has 1 aliphatic heterocycles. The number of hydrogen-bond acceptors (Lipinski definition) is 3. The Morgan fingerprint density at radius 3 is 2.82 bits per heavy atom. The minimum Gasteiger partial charge on any atom is -0.354 e. The molecule has 0 aliphatic carbocycles. The van der Waals surface area contributed by atoms with Gasteiger partial charge in [0.15, 0.2) is 0 Å². The van der Waals surface area contributed by atoms with Gasteiger partial charge in [-0.1, -0.05) is 22.0 Å². The van der Waals surface area contributed by atoms with E-state index in [4.69, 9.17) is 0 Å². The molecular formula is C16H22BrN3O2. The van der Waals surface area contributed by atoms with Crippen molar-refractivity contribution >= 4 is 27.7 Å². The van der Waals surface area contributed by atoms with Gasteiger partial charge in [-0.2, -0.15) is 0 Å². The minimum atomic E-state index is -0.132. The molecular weight excluding hydrogens is 346 g/mol. The number of benzene rings is 1. The molecule has 0 bridgehead atoms. The molecule has 1 aliphatic rings. The molecule has 2 rings (SSSR count). The van der Waals surface area contributed by atoms with Crippen LogP contribution in [0.4, 0.5) is 0 Å².